The maximum atomic E-state index is 13.4. The number of fused-ring (bicyclic) bond motifs is 1. The standard InChI is InChI=1S/C29H32F3N5O5/c1-5-19(9-7-8-18(4)42-29(30,31)32)16-33-27(40)23-15-24(37-25(35-23)12-13-34-37)28(41)36-22-11-10-21(20(22)6-2)17(3)14-26(38)39/h5-9,12-13,15,22H,10-11,14,16H2,1-4H3,(H,33,40)(H,36,41)(H,38,39)/b9-7-,18-8+,19-5+,20-6+,21-17-. The molecule has 3 N–H and O–H groups in total. The Labute approximate surface area is 240 Å². The molecule has 0 aromatic carbocycles. The second-order valence-corrected chi connectivity index (χ2v) is 9.50. The maximum absolute atomic E-state index is 13.4. The Morgan fingerprint density at radius 2 is 1.95 bits per heavy atom. The molecular formula is C29H32F3N5O5. The van der Waals surface area contributed by atoms with E-state index in [2.05, 4.69) is 25.5 Å². The number of aromatic nitrogens is 3. The molecule has 1 fully saturated rings. The van der Waals surface area contributed by atoms with Crippen LogP contribution >= 0.6 is 0 Å². The summed E-state index contributed by atoms with van der Waals surface area (Å²) < 4.78 is 42.0. The fraction of sp³-hybridized carbons (Fsp3) is 0.345. The van der Waals surface area contributed by atoms with E-state index in [0.717, 1.165) is 22.8 Å². The van der Waals surface area contributed by atoms with Crippen molar-refractivity contribution in [2.75, 3.05) is 6.54 Å². The molecule has 1 unspecified atom stereocenters. The van der Waals surface area contributed by atoms with Crippen molar-refractivity contribution < 1.29 is 37.4 Å². The monoisotopic (exact) mass is 587 g/mol. The zero-order chi connectivity index (χ0) is 31.0. The fourth-order valence-electron chi connectivity index (χ4n) is 4.59. The first-order chi connectivity index (χ1) is 19.8. The van der Waals surface area contributed by atoms with Crippen molar-refractivity contribution in [1.29, 1.82) is 0 Å². The molecule has 3 rings (SSSR count). The predicted octanol–water partition coefficient (Wildman–Crippen LogP) is 5.03. The molecule has 0 spiro atoms. The van der Waals surface area contributed by atoms with E-state index in [4.69, 9.17) is 5.11 Å². The Hall–Kier alpha value is -4.68. The molecule has 2 heterocycles. The molecule has 2 aromatic rings. The molecule has 0 radical (unpaired) electrons. The van der Waals surface area contributed by atoms with E-state index >= 15 is 0 Å². The first kappa shape index (κ1) is 31.8. The van der Waals surface area contributed by atoms with E-state index in [1.807, 2.05) is 13.0 Å². The summed E-state index contributed by atoms with van der Waals surface area (Å²) in [5, 5.41) is 19.0. The van der Waals surface area contributed by atoms with Crippen LogP contribution in [0.3, 0.4) is 0 Å². The molecule has 10 nitrogen and oxygen atoms in total. The Morgan fingerprint density at radius 1 is 1.21 bits per heavy atom. The molecule has 0 bridgehead atoms. The van der Waals surface area contributed by atoms with Gasteiger partial charge in [0, 0.05) is 18.7 Å². The van der Waals surface area contributed by atoms with Crippen molar-refractivity contribution in [3.8, 4) is 0 Å². The van der Waals surface area contributed by atoms with E-state index < -0.39 is 24.1 Å². The van der Waals surface area contributed by atoms with Crippen molar-refractivity contribution in [2.24, 2.45) is 0 Å². The van der Waals surface area contributed by atoms with Crippen LogP contribution < -0.4 is 10.6 Å². The van der Waals surface area contributed by atoms with Gasteiger partial charge in [-0.25, -0.2) is 9.50 Å². The summed E-state index contributed by atoms with van der Waals surface area (Å²) in [5.74, 6) is -2.32. The number of alkyl halides is 3. The Bertz CT molecular complexity index is 1520. The molecule has 1 saturated carbocycles. The van der Waals surface area contributed by atoms with E-state index in [-0.39, 0.29) is 41.8 Å². The summed E-state index contributed by atoms with van der Waals surface area (Å²) in [6.45, 7) is 6.52. The number of allylic oxidation sites excluding steroid dienone is 5. The second kappa shape index (κ2) is 13.8. The Kier molecular flexibility index (Phi) is 10.5. The molecule has 224 valence electrons. The number of hydrogen-bond acceptors (Lipinski definition) is 6. The highest BCUT2D eigenvalue weighted by atomic mass is 19.4. The Balaban J connectivity index is 1.75. The van der Waals surface area contributed by atoms with Gasteiger partial charge in [-0.15, -0.1) is 13.2 Å². The second-order valence-electron chi connectivity index (χ2n) is 9.50. The average Bonchev–Trinajstić information content (AvgIpc) is 3.55. The lowest BCUT2D eigenvalue weighted by atomic mass is 10.00. The first-order valence-electron chi connectivity index (χ1n) is 13.1. The van der Waals surface area contributed by atoms with Gasteiger partial charge in [-0.2, -0.15) is 5.10 Å². The number of rotatable bonds is 10. The minimum atomic E-state index is -4.78. The molecular weight excluding hydrogens is 555 g/mol. The van der Waals surface area contributed by atoms with Crippen LogP contribution in [0.5, 0.6) is 0 Å². The van der Waals surface area contributed by atoms with Crippen molar-refractivity contribution in [1.82, 2.24) is 25.2 Å². The zero-order valence-electron chi connectivity index (χ0n) is 23.6. The third-order valence-electron chi connectivity index (χ3n) is 6.52. The highest BCUT2D eigenvalue weighted by Crippen LogP contribution is 2.34. The number of nitrogens with one attached hydrogen (secondary N) is 2. The van der Waals surface area contributed by atoms with Crippen LogP contribution in [0.4, 0.5) is 13.2 Å². The molecule has 1 aliphatic carbocycles. The summed E-state index contributed by atoms with van der Waals surface area (Å²) in [4.78, 5) is 41.9. The van der Waals surface area contributed by atoms with Gasteiger partial charge in [0.05, 0.1) is 18.7 Å². The number of nitrogens with zero attached hydrogens (tertiary/aromatic N) is 3. The lowest BCUT2D eigenvalue weighted by Crippen LogP contribution is -2.36. The summed E-state index contributed by atoms with van der Waals surface area (Å²) >= 11 is 0. The van der Waals surface area contributed by atoms with Gasteiger partial charge in [-0.1, -0.05) is 29.9 Å². The van der Waals surface area contributed by atoms with Crippen molar-refractivity contribution in [2.45, 2.75) is 59.4 Å². The molecule has 2 aromatic heterocycles. The molecule has 42 heavy (non-hydrogen) atoms. The van der Waals surface area contributed by atoms with Crippen LogP contribution in [-0.2, 0) is 9.53 Å². The highest BCUT2D eigenvalue weighted by molar-refractivity contribution is 5.98. The minimum absolute atomic E-state index is 0.0301. The van der Waals surface area contributed by atoms with Gasteiger partial charge in [0.15, 0.2) is 5.65 Å². The fourth-order valence-corrected chi connectivity index (χ4v) is 4.59. The lowest BCUT2D eigenvalue weighted by molar-refractivity contribution is -0.305. The molecule has 1 aliphatic rings. The van der Waals surface area contributed by atoms with Crippen molar-refractivity contribution in [3.63, 3.8) is 0 Å². The number of carbonyl (C=O) groups excluding carboxylic acids is 2. The van der Waals surface area contributed by atoms with Crippen molar-refractivity contribution >= 4 is 23.4 Å². The van der Waals surface area contributed by atoms with E-state index in [1.165, 1.54) is 35.9 Å². The number of carboxylic acids is 1. The molecule has 1 atom stereocenters. The zero-order valence-corrected chi connectivity index (χ0v) is 23.6. The van der Waals surface area contributed by atoms with Crippen LogP contribution in [0.2, 0.25) is 0 Å². The van der Waals surface area contributed by atoms with Crippen LogP contribution in [0, 0.1) is 0 Å². The maximum Gasteiger partial charge on any atom is 0.572 e. The average molecular weight is 588 g/mol. The number of aliphatic carboxylic acids is 1. The normalized spacial score (nSPS) is 18.5. The number of carbonyl (C=O) groups is 3. The largest absolute Gasteiger partial charge is 0.572 e. The van der Waals surface area contributed by atoms with Gasteiger partial charge < -0.3 is 20.5 Å². The minimum Gasteiger partial charge on any atom is -0.481 e. The summed E-state index contributed by atoms with van der Waals surface area (Å²) in [6, 6.07) is 2.53. The van der Waals surface area contributed by atoms with Gasteiger partial charge >= 0.3 is 12.3 Å². The van der Waals surface area contributed by atoms with E-state index in [9.17, 15) is 27.6 Å². The van der Waals surface area contributed by atoms with Gasteiger partial charge in [-0.3, -0.25) is 14.4 Å². The summed E-state index contributed by atoms with van der Waals surface area (Å²) in [7, 11) is 0. The molecule has 0 saturated heterocycles. The SMILES string of the molecule is C\C=C(/C=C\C=C(/C)OC(F)(F)F)CNC(=O)c1cc(C(=O)NC2CCC(=C(\C)CC(=O)O)/C2=C\C)n2nccc2n1. The van der Waals surface area contributed by atoms with Crippen LogP contribution in [-0.4, -0.2) is 56.4 Å². The first-order valence-corrected chi connectivity index (χ1v) is 13.1. The quantitative estimate of drug-likeness (QED) is 0.262. The lowest BCUT2D eigenvalue weighted by Gasteiger charge is -2.16. The molecule has 0 aliphatic heterocycles. The van der Waals surface area contributed by atoms with Gasteiger partial charge in [-0.05, 0) is 63.3 Å². The smallest absolute Gasteiger partial charge is 0.481 e. The van der Waals surface area contributed by atoms with E-state index in [1.54, 1.807) is 26.0 Å². The van der Waals surface area contributed by atoms with Gasteiger partial charge in [0.25, 0.3) is 11.8 Å². The Morgan fingerprint density at radius 3 is 2.60 bits per heavy atom. The number of ether oxygens (including phenoxy) is 1. The summed E-state index contributed by atoms with van der Waals surface area (Å²) in [6.07, 6.45) is 5.38. The number of halogens is 3. The van der Waals surface area contributed by atoms with Crippen molar-refractivity contribution in [3.05, 3.63) is 88.1 Å². The van der Waals surface area contributed by atoms with Gasteiger partial charge in [0.2, 0.25) is 0 Å². The van der Waals surface area contributed by atoms with E-state index in [0.29, 0.717) is 18.4 Å². The summed E-state index contributed by atoms with van der Waals surface area (Å²) in [5.41, 5.74) is 3.44. The number of carboxylic acid groups (broad SMARTS) is 1. The van der Waals surface area contributed by atoms with Crippen LogP contribution in [0.25, 0.3) is 5.65 Å². The van der Waals surface area contributed by atoms with Crippen LogP contribution in [0.15, 0.2) is 76.8 Å². The highest BCUT2D eigenvalue weighted by Gasteiger charge is 2.31. The topological polar surface area (TPSA) is 135 Å². The molecule has 13 heteroatoms. The molecule has 2 amide bonds. The number of hydrogen-bond donors (Lipinski definition) is 3. The van der Waals surface area contributed by atoms with Crippen LogP contribution in [0.1, 0.15) is 67.9 Å². The number of amides is 2. The third-order valence-corrected chi connectivity index (χ3v) is 6.52. The predicted molar refractivity (Wildman–Crippen MR) is 148 cm³/mol. The third kappa shape index (κ3) is 8.41. The van der Waals surface area contributed by atoms with Gasteiger partial charge in [0.1, 0.15) is 17.1 Å².